The van der Waals surface area contributed by atoms with E-state index in [2.05, 4.69) is 12.1 Å². The molecule has 0 atom stereocenters. The van der Waals surface area contributed by atoms with E-state index in [0.717, 1.165) is 55.4 Å². The molecular weight excluding hydrogens is 554 g/mol. The summed E-state index contributed by atoms with van der Waals surface area (Å²) in [6.07, 6.45) is 0. The van der Waals surface area contributed by atoms with E-state index in [9.17, 15) is 20.6 Å². The molecule has 10 heteroatoms. The number of fused-ring (bicyclic) bond motifs is 2. The Morgan fingerprint density at radius 3 is 1.68 bits per heavy atom. The Morgan fingerprint density at radius 1 is 0.614 bits per heavy atom. The third-order valence-corrected chi connectivity index (χ3v) is 8.40. The Hall–Kier alpha value is -4.57. The summed E-state index contributed by atoms with van der Waals surface area (Å²) in [7, 11) is -1.71. The van der Waals surface area contributed by atoms with Crippen LogP contribution in [0.4, 0.5) is 0 Å². The Morgan fingerprint density at radius 2 is 1.14 bits per heavy atom. The number of hydrogen-bond acceptors (Lipinski definition) is 8. The first-order valence-electron chi connectivity index (χ1n) is 14.2. The van der Waals surface area contributed by atoms with E-state index in [0.29, 0.717) is 47.3 Å². The fraction of sp³-hybridized carbons (Fsp3) is 0.235. The molecule has 6 rings (SSSR count). The van der Waals surface area contributed by atoms with Crippen molar-refractivity contribution in [1.82, 2.24) is 0 Å². The molecule has 8 nitrogen and oxygen atoms in total. The number of aryl methyl sites for hydroxylation is 3. The summed E-state index contributed by atoms with van der Waals surface area (Å²) in [6.45, 7) is 12.5. The van der Waals surface area contributed by atoms with E-state index in [4.69, 9.17) is 18.8 Å². The molecule has 0 radical (unpaired) electrons. The molecule has 2 N–H and O–H groups in total. The molecule has 44 heavy (non-hydrogen) atoms. The lowest BCUT2D eigenvalue weighted by molar-refractivity contribution is 0.274. The van der Waals surface area contributed by atoms with E-state index in [1.165, 1.54) is 0 Å². The second kappa shape index (κ2) is 12.6. The second-order valence-corrected chi connectivity index (χ2v) is 11.1. The van der Waals surface area contributed by atoms with Gasteiger partial charge in [-0.15, -0.1) is 0 Å². The van der Waals surface area contributed by atoms with Gasteiger partial charge in [0.05, 0.1) is 30.4 Å². The highest BCUT2D eigenvalue weighted by Gasteiger charge is 2.30. The topological polar surface area (TPSA) is 125 Å². The van der Waals surface area contributed by atoms with E-state index in [1.807, 2.05) is 84.0 Å². The summed E-state index contributed by atoms with van der Waals surface area (Å²) in [6, 6.07) is 19.0. The monoisotopic (exact) mass is 586 g/mol. The summed E-state index contributed by atoms with van der Waals surface area (Å²) in [4.78, 5) is 0. The van der Waals surface area contributed by atoms with Gasteiger partial charge in [-0.05, 0) is 133 Å². The number of ether oxygens (including phenoxy) is 2. The molecule has 0 aliphatic carbocycles. The number of rotatable bonds is 4. The third kappa shape index (κ3) is 5.94. The van der Waals surface area contributed by atoms with Crippen LogP contribution < -0.4 is 20.4 Å². The van der Waals surface area contributed by atoms with Crippen molar-refractivity contribution in [2.24, 2.45) is 0 Å². The SMILES string of the molecule is Cc1cc(C#N)c(Oc2ccc3c(c2C)COB3O)cc1C.Cc1cc(Oc2ccc3c(c2C)COB3O)cc(C#N)c1C. The molecule has 0 bridgehead atoms. The zero-order valence-electron chi connectivity index (χ0n) is 25.6. The molecular formula is C34H32B2N2O6. The smallest absolute Gasteiger partial charge is 0.457 e. The molecule has 0 unspecified atom stereocenters. The molecule has 2 aliphatic rings. The van der Waals surface area contributed by atoms with Gasteiger partial charge in [-0.2, -0.15) is 10.5 Å². The van der Waals surface area contributed by atoms with Gasteiger partial charge in [0.1, 0.15) is 29.1 Å². The van der Waals surface area contributed by atoms with Crippen LogP contribution in [0.2, 0.25) is 0 Å². The summed E-state index contributed by atoms with van der Waals surface area (Å²) < 4.78 is 22.4. The van der Waals surface area contributed by atoms with E-state index >= 15 is 0 Å². The minimum Gasteiger partial charge on any atom is -0.457 e. The normalized spacial score (nSPS) is 13.0. The second-order valence-electron chi connectivity index (χ2n) is 11.1. The Kier molecular flexibility index (Phi) is 8.82. The van der Waals surface area contributed by atoms with E-state index < -0.39 is 14.2 Å². The average Bonchev–Trinajstić information content (AvgIpc) is 3.58. The molecule has 2 heterocycles. The van der Waals surface area contributed by atoms with Crippen LogP contribution in [-0.4, -0.2) is 24.3 Å². The maximum Gasteiger partial charge on any atom is 0.491 e. The molecule has 0 aromatic heterocycles. The molecule has 2 aliphatic heterocycles. The van der Waals surface area contributed by atoms with Gasteiger partial charge < -0.3 is 28.8 Å². The zero-order chi connectivity index (χ0) is 31.7. The molecule has 220 valence electrons. The van der Waals surface area contributed by atoms with Crippen molar-refractivity contribution >= 4 is 25.2 Å². The predicted octanol–water partition coefficient (Wildman–Crippen LogP) is 4.99. The van der Waals surface area contributed by atoms with Gasteiger partial charge in [-0.1, -0.05) is 12.1 Å². The van der Waals surface area contributed by atoms with Crippen LogP contribution in [-0.2, 0) is 22.5 Å². The van der Waals surface area contributed by atoms with Crippen molar-refractivity contribution in [3.05, 3.63) is 104 Å². The van der Waals surface area contributed by atoms with Crippen LogP contribution in [0, 0.1) is 64.2 Å². The van der Waals surface area contributed by atoms with Crippen LogP contribution in [0.3, 0.4) is 0 Å². The van der Waals surface area contributed by atoms with Crippen molar-refractivity contribution in [2.75, 3.05) is 0 Å². The highest BCUT2D eigenvalue weighted by Crippen LogP contribution is 2.33. The quantitative estimate of drug-likeness (QED) is 0.321. The fourth-order valence-electron chi connectivity index (χ4n) is 5.29. The van der Waals surface area contributed by atoms with Gasteiger partial charge >= 0.3 is 14.2 Å². The highest BCUT2D eigenvalue weighted by molar-refractivity contribution is 6.62. The maximum atomic E-state index is 9.73. The lowest BCUT2D eigenvalue weighted by Gasteiger charge is -2.14. The molecule has 4 aromatic carbocycles. The van der Waals surface area contributed by atoms with Gasteiger partial charge in [0.2, 0.25) is 0 Å². The van der Waals surface area contributed by atoms with Crippen molar-refractivity contribution < 1.29 is 28.8 Å². The van der Waals surface area contributed by atoms with Gasteiger partial charge in [-0.3, -0.25) is 0 Å². The van der Waals surface area contributed by atoms with Gasteiger partial charge in [0.15, 0.2) is 0 Å². The highest BCUT2D eigenvalue weighted by atomic mass is 16.5. The number of hydrogen-bond donors (Lipinski definition) is 2. The average molecular weight is 586 g/mol. The Balaban J connectivity index is 0.000000175. The van der Waals surface area contributed by atoms with Crippen LogP contribution in [0.1, 0.15) is 55.6 Å². The summed E-state index contributed by atoms with van der Waals surface area (Å²) >= 11 is 0. The lowest BCUT2D eigenvalue weighted by Crippen LogP contribution is -2.28. The first-order chi connectivity index (χ1) is 21.0. The maximum absolute atomic E-state index is 9.73. The number of benzene rings is 4. The molecule has 0 saturated carbocycles. The number of nitrogens with zero attached hydrogens (tertiary/aromatic N) is 2. The zero-order valence-corrected chi connectivity index (χ0v) is 25.6. The first kappa shape index (κ1) is 30.9. The summed E-state index contributed by atoms with van der Waals surface area (Å²) in [5, 5.41) is 37.9. The number of nitriles is 2. The van der Waals surface area contributed by atoms with Crippen LogP contribution in [0.15, 0.2) is 48.5 Å². The summed E-state index contributed by atoms with van der Waals surface area (Å²) in [5.74, 6) is 2.58. The molecule has 0 fully saturated rings. The van der Waals surface area contributed by atoms with Crippen LogP contribution in [0.5, 0.6) is 23.0 Å². The minimum absolute atomic E-state index is 0.373. The molecule has 4 aromatic rings. The molecule has 0 spiro atoms. The van der Waals surface area contributed by atoms with Crippen LogP contribution >= 0.6 is 0 Å². The third-order valence-electron chi connectivity index (χ3n) is 8.40. The van der Waals surface area contributed by atoms with Gasteiger partial charge in [0.25, 0.3) is 0 Å². The van der Waals surface area contributed by atoms with Crippen molar-refractivity contribution in [1.29, 1.82) is 10.5 Å². The molecule has 0 amide bonds. The van der Waals surface area contributed by atoms with Gasteiger partial charge in [0, 0.05) is 0 Å². The minimum atomic E-state index is -0.862. The largest absolute Gasteiger partial charge is 0.491 e. The lowest BCUT2D eigenvalue weighted by atomic mass is 9.78. The van der Waals surface area contributed by atoms with Crippen molar-refractivity contribution in [2.45, 2.75) is 54.8 Å². The molecule has 0 saturated heterocycles. The van der Waals surface area contributed by atoms with Crippen molar-refractivity contribution in [3.63, 3.8) is 0 Å². The fourth-order valence-corrected chi connectivity index (χ4v) is 5.29. The van der Waals surface area contributed by atoms with Crippen LogP contribution in [0.25, 0.3) is 0 Å². The first-order valence-corrected chi connectivity index (χ1v) is 14.2. The predicted molar refractivity (Wildman–Crippen MR) is 169 cm³/mol. The standard InChI is InChI=1S/2C17H16BNO3/c1-10-6-14(7-13(8-19)11(10)2)22-17-5-4-16-15(12(17)3)9-21-18(16)20;1-10-6-13(8-19)17(7-11(10)2)22-16-5-4-15-14(12(16)3)9-21-18(15)20/h2*4-7,20H,9H2,1-3H3. The summed E-state index contributed by atoms with van der Waals surface area (Å²) in [5.41, 5.74) is 10.6. The van der Waals surface area contributed by atoms with Gasteiger partial charge in [-0.25, -0.2) is 0 Å². The van der Waals surface area contributed by atoms with E-state index in [1.54, 1.807) is 6.07 Å². The Labute approximate surface area is 258 Å². The van der Waals surface area contributed by atoms with E-state index in [-0.39, 0.29) is 0 Å². The van der Waals surface area contributed by atoms with Crippen molar-refractivity contribution in [3.8, 4) is 35.1 Å². The Bertz CT molecular complexity index is 1860.